The van der Waals surface area contributed by atoms with E-state index in [1.807, 2.05) is 0 Å². The van der Waals surface area contributed by atoms with Crippen LogP contribution in [-0.2, 0) is 27.7 Å². The monoisotopic (exact) mass is 458 g/mol. The van der Waals surface area contributed by atoms with Gasteiger partial charge in [-0.1, -0.05) is 5.16 Å². The van der Waals surface area contributed by atoms with Gasteiger partial charge >= 0.3 is 0 Å². The molecule has 1 saturated heterocycles. The molecule has 2 aromatic carbocycles. The fraction of sp³-hybridized carbons (Fsp3) is 0.364. The first-order valence-corrected chi connectivity index (χ1v) is 12.1. The number of halogens is 1. The third kappa shape index (κ3) is 4.25. The molecule has 2 N–H and O–H groups in total. The molecule has 1 fully saturated rings. The smallest absolute Gasteiger partial charge is 0.240 e. The van der Waals surface area contributed by atoms with Crippen LogP contribution in [0.25, 0.3) is 11.0 Å². The van der Waals surface area contributed by atoms with Crippen LogP contribution in [0.5, 0.6) is 0 Å². The van der Waals surface area contributed by atoms with Crippen molar-refractivity contribution in [3.05, 3.63) is 53.5 Å². The Balaban J connectivity index is 1.14. The Labute approximate surface area is 184 Å². The van der Waals surface area contributed by atoms with Gasteiger partial charge in [-0.2, -0.15) is 0 Å². The summed E-state index contributed by atoms with van der Waals surface area (Å²) in [4.78, 5) is 13.9. The fourth-order valence-electron chi connectivity index (χ4n) is 4.41. The van der Waals surface area contributed by atoms with Gasteiger partial charge in [0.25, 0.3) is 0 Å². The maximum Gasteiger partial charge on any atom is 0.240 e. The maximum atomic E-state index is 13.3. The average Bonchev–Trinajstić information content (AvgIpc) is 3.45. The number of benzene rings is 2. The number of amides is 1. The second kappa shape index (κ2) is 8.27. The molecular formula is C22H23FN4O4S. The van der Waals surface area contributed by atoms with Crippen LogP contribution in [0.15, 0.2) is 45.8 Å². The summed E-state index contributed by atoms with van der Waals surface area (Å²) in [5.74, 6) is -0.476. The van der Waals surface area contributed by atoms with Crippen molar-refractivity contribution in [2.75, 3.05) is 25.0 Å². The van der Waals surface area contributed by atoms with E-state index in [9.17, 15) is 17.6 Å². The van der Waals surface area contributed by atoms with Crippen LogP contribution in [0, 0.1) is 5.82 Å². The predicted octanol–water partition coefficient (Wildman–Crippen LogP) is 2.45. The van der Waals surface area contributed by atoms with Crippen molar-refractivity contribution >= 4 is 32.6 Å². The van der Waals surface area contributed by atoms with E-state index < -0.39 is 10.0 Å². The van der Waals surface area contributed by atoms with Crippen LogP contribution in [0.4, 0.5) is 10.1 Å². The van der Waals surface area contributed by atoms with Crippen LogP contribution >= 0.6 is 0 Å². The summed E-state index contributed by atoms with van der Waals surface area (Å²) in [5, 5.41) is 7.58. The van der Waals surface area contributed by atoms with E-state index >= 15 is 0 Å². The summed E-state index contributed by atoms with van der Waals surface area (Å²) in [7, 11) is -3.66. The van der Waals surface area contributed by atoms with Gasteiger partial charge < -0.3 is 14.7 Å². The molecule has 5 rings (SSSR count). The van der Waals surface area contributed by atoms with Crippen LogP contribution in [0.1, 0.15) is 24.1 Å². The maximum absolute atomic E-state index is 13.3. The van der Waals surface area contributed by atoms with Crippen LogP contribution in [0.2, 0.25) is 0 Å². The molecule has 168 valence electrons. The van der Waals surface area contributed by atoms with Crippen LogP contribution in [-0.4, -0.2) is 50.1 Å². The number of carbonyl (C=O) groups excluding carboxylic acids is 1. The van der Waals surface area contributed by atoms with Gasteiger partial charge in [0, 0.05) is 29.7 Å². The number of nitrogens with zero attached hydrogens (tertiary/aromatic N) is 2. The molecule has 0 radical (unpaired) electrons. The van der Waals surface area contributed by atoms with E-state index in [4.69, 9.17) is 4.52 Å². The Morgan fingerprint density at radius 1 is 1.25 bits per heavy atom. The molecular weight excluding hydrogens is 435 g/mol. The van der Waals surface area contributed by atoms with Crippen molar-refractivity contribution in [1.29, 1.82) is 0 Å². The van der Waals surface area contributed by atoms with Crippen molar-refractivity contribution in [2.24, 2.45) is 0 Å². The van der Waals surface area contributed by atoms with Gasteiger partial charge in [-0.05, 0) is 68.2 Å². The van der Waals surface area contributed by atoms with E-state index in [2.05, 4.69) is 20.1 Å². The van der Waals surface area contributed by atoms with Crippen molar-refractivity contribution in [3.63, 3.8) is 0 Å². The van der Waals surface area contributed by atoms with Crippen LogP contribution < -0.4 is 10.0 Å². The summed E-state index contributed by atoms with van der Waals surface area (Å²) in [6.45, 7) is 2.25. The highest BCUT2D eigenvalue weighted by Gasteiger charge is 2.28. The molecule has 0 bridgehead atoms. The summed E-state index contributed by atoms with van der Waals surface area (Å²) in [5.41, 5.74) is 2.63. The van der Waals surface area contributed by atoms with Crippen molar-refractivity contribution < 1.29 is 22.1 Å². The minimum atomic E-state index is -3.66. The Bertz CT molecular complexity index is 1290. The van der Waals surface area contributed by atoms with Gasteiger partial charge in [-0.3, -0.25) is 4.79 Å². The summed E-state index contributed by atoms with van der Waals surface area (Å²) >= 11 is 0. The van der Waals surface area contributed by atoms with Gasteiger partial charge in [-0.15, -0.1) is 0 Å². The highest BCUT2D eigenvalue weighted by molar-refractivity contribution is 7.89. The van der Waals surface area contributed by atoms with Crippen LogP contribution in [0.3, 0.4) is 0 Å². The zero-order chi connectivity index (χ0) is 22.3. The number of aryl methyl sites for hydroxylation is 1. The molecule has 1 atom stereocenters. The van der Waals surface area contributed by atoms with Gasteiger partial charge in [0.15, 0.2) is 5.58 Å². The number of likely N-dealkylation sites (tertiary alicyclic amines) is 1. The normalized spacial score (nSPS) is 18.9. The fourth-order valence-corrected chi connectivity index (χ4v) is 5.72. The van der Waals surface area contributed by atoms with E-state index in [-0.39, 0.29) is 29.1 Å². The van der Waals surface area contributed by atoms with Gasteiger partial charge in [0.1, 0.15) is 5.82 Å². The number of hydrogen-bond donors (Lipinski definition) is 2. The molecule has 1 unspecified atom stereocenters. The van der Waals surface area contributed by atoms with E-state index in [1.54, 1.807) is 18.2 Å². The lowest BCUT2D eigenvalue weighted by molar-refractivity contribution is -0.115. The molecule has 1 amide bonds. The summed E-state index contributed by atoms with van der Waals surface area (Å²) in [6, 6.07) is 8.97. The quantitative estimate of drug-likeness (QED) is 0.564. The third-order valence-corrected chi connectivity index (χ3v) is 7.52. The van der Waals surface area contributed by atoms with Gasteiger partial charge in [0.2, 0.25) is 15.9 Å². The molecule has 8 nitrogen and oxygen atoms in total. The lowest BCUT2D eigenvalue weighted by Crippen LogP contribution is -2.37. The molecule has 1 aromatic heterocycles. The topological polar surface area (TPSA) is 105 Å². The Kier molecular flexibility index (Phi) is 5.44. The Morgan fingerprint density at radius 2 is 2.12 bits per heavy atom. The molecule has 32 heavy (non-hydrogen) atoms. The molecule has 2 aliphatic rings. The lowest BCUT2D eigenvalue weighted by atomic mass is 10.1. The first-order chi connectivity index (χ1) is 15.4. The number of carbonyl (C=O) groups is 1. The van der Waals surface area contributed by atoms with Crippen molar-refractivity contribution in [1.82, 2.24) is 14.8 Å². The first kappa shape index (κ1) is 21.0. The number of hydrogen-bond acceptors (Lipinski definition) is 6. The minimum absolute atomic E-state index is 0.125. The number of sulfonamides is 1. The van der Waals surface area contributed by atoms with E-state index in [0.29, 0.717) is 29.8 Å². The molecule has 0 spiro atoms. The highest BCUT2D eigenvalue weighted by Crippen LogP contribution is 2.26. The predicted molar refractivity (Wildman–Crippen MR) is 116 cm³/mol. The van der Waals surface area contributed by atoms with Gasteiger partial charge in [0.05, 0.1) is 17.0 Å². The number of rotatable bonds is 7. The summed E-state index contributed by atoms with van der Waals surface area (Å²) in [6.07, 6.45) is 2.47. The number of aromatic nitrogens is 1. The molecule has 0 saturated carbocycles. The lowest BCUT2D eigenvalue weighted by Gasteiger charge is -2.16. The zero-order valence-corrected chi connectivity index (χ0v) is 18.1. The first-order valence-electron chi connectivity index (χ1n) is 10.6. The molecule has 0 aliphatic carbocycles. The Hall–Kier alpha value is -2.82. The minimum Gasteiger partial charge on any atom is -0.356 e. The molecule has 2 aliphatic heterocycles. The average molecular weight is 459 g/mol. The summed E-state index contributed by atoms with van der Waals surface area (Å²) < 4.78 is 46.9. The van der Waals surface area contributed by atoms with E-state index in [0.717, 1.165) is 37.0 Å². The number of nitrogens with one attached hydrogen (secondary N) is 2. The number of fused-ring (bicyclic) bond motifs is 2. The third-order valence-electron chi connectivity index (χ3n) is 6.00. The van der Waals surface area contributed by atoms with Crippen molar-refractivity contribution in [3.8, 4) is 0 Å². The standard InChI is InChI=1S/C22H23FN4O4S/c23-15-3-5-18-20(25-31-21(18)12-15)2-1-8-27-9-7-16(13-27)26-32(29,30)17-4-6-19-14(10-17)11-22(28)24-19/h3-6,10,12,16,26H,1-2,7-9,11,13H2,(H,24,28). The second-order valence-electron chi connectivity index (χ2n) is 8.32. The Morgan fingerprint density at radius 3 is 3.00 bits per heavy atom. The van der Waals surface area contributed by atoms with Crippen molar-refractivity contribution in [2.45, 2.75) is 36.6 Å². The molecule has 3 heterocycles. The SMILES string of the molecule is O=C1Cc2cc(S(=O)(=O)NC3CCN(CCCc4noc5cc(F)ccc45)C3)ccc2N1. The van der Waals surface area contributed by atoms with E-state index in [1.165, 1.54) is 18.2 Å². The highest BCUT2D eigenvalue weighted by atomic mass is 32.2. The number of anilines is 1. The largest absolute Gasteiger partial charge is 0.356 e. The molecule has 10 heteroatoms. The van der Waals surface area contributed by atoms with Gasteiger partial charge in [-0.25, -0.2) is 17.5 Å². The zero-order valence-electron chi connectivity index (χ0n) is 17.3. The second-order valence-corrected chi connectivity index (χ2v) is 10.0. The molecule has 3 aromatic rings.